The van der Waals surface area contributed by atoms with Crippen LogP contribution in [0.5, 0.6) is 0 Å². The van der Waals surface area contributed by atoms with Gasteiger partial charge in [-0.3, -0.25) is 4.68 Å². The van der Waals surface area contributed by atoms with Gasteiger partial charge in [0.05, 0.1) is 24.1 Å². The summed E-state index contributed by atoms with van der Waals surface area (Å²) in [4.78, 5) is 14.8. The van der Waals surface area contributed by atoms with E-state index >= 15 is 0 Å². The van der Waals surface area contributed by atoms with Crippen LogP contribution in [0.4, 0.5) is 8.78 Å². The van der Waals surface area contributed by atoms with E-state index in [1.165, 1.54) is 18.1 Å². The van der Waals surface area contributed by atoms with Crippen LogP contribution in [-0.4, -0.2) is 47.6 Å². The van der Waals surface area contributed by atoms with Crippen LogP contribution in [0.1, 0.15) is 16.2 Å². The molecule has 130 valence electrons. The van der Waals surface area contributed by atoms with Crippen LogP contribution >= 0.6 is 0 Å². The number of nitrogens with zero attached hydrogens (tertiary/aromatic N) is 4. The Labute approximate surface area is 136 Å². The van der Waals surface area contributed by atoms with Gasteiger partial charge in [0.2, 0.25) is 10.0 Å². The van der Waals surface area contributed by atoms with Crippen molar-refractivity contribution in [3.05, 3.63) is 41.5 Å². The number of hydrogen-bond donors (Lipinski definition) is 0. The van der Waals surface area contributed by atoms with E-state index in [2.05, 4.69) is 14.8 Å². The van der Waals surface area contributed by atoms with Gasteiger partial charge in [0, 0.05) is 14.1 Å². The first kappa shape index (κ1) is 17.9. The molecule has 8 nitrogen and oxygen atoms in total. The molecule has 1 aromatic heterocycles. The lowest BCUT2D eigenvalue weighted by molar-refractivity contribution is 0.0594. The predicted molar refractivity (Wildman–Crippen MR) is 77.4 cm³/mol. The molecule has 0 N–H and O–H groups in total. The van der Waals surface area contributed by atoms with Crippen molar-refractivity contribution in [2.24, 2.45) is 7.05 Å². The molecule has 2 rings (SSSR count). The van der Waals surface area contributed by atoms with Gasteiger partial charge in [-0.1, -0.05) is 0 Å². The zero-order chi connectivity index (χ0) is 18.1. The smallest absolute Gasteiger partial charge is 0.341 e. The standard InChI is InChI=1S/C13H14F2N4O4S/c1-18(6-11-16-7-17-19(11)2)24(21,22)8-4-9(13(20)23-3)12(15)10(14)5-8/h4-5,7H,6H2,1-3H3. The molecule has 0 saturated carbocycles. The number of rotatable bonds is 5. The fourth-order valence-electron chi connectivity index (χ4n) is 1.90. The number of aromatic nitrogens is 3. The largest absolute Gasteiger partial charge is 0.465 e. The highest BCUT2D eigenvalue weighted by Crippen LogP contribution is 2.22. The van der Waals surface area contributed by atoms with E-state index in [0.717, 1.165) is 17.5 Å². The van der Waals surface area contributed by atoms with Crippen molar-refractivity contribution in [1.29, 1.82) is 0 Å². The summed E-state index contributed by atoms with van der Waals surface area (Å²) in [6.45, 7) is -0.147. The van der Waals surface area contributed by atoms with Crippen molar-refractivity contribution in [2.45, 2.75) is 11.4 Å². The summed E-state index contributed by atoms with van der Waals surface area (Å²) < 4.78 is 59.0. The molecule has 0 radical (unpaired) electrons. The fourth-order valence-corrected chi connectivity index (χ4v) is 3.06. The topological polar surface area (TPSA) is 94.4 Å². The minimum Gasteiger partial charge on any atom is -0.465 e. The van der Waals surface area contributed by atoms with Crippen molar-refractivity contribution >= 4 is 16.0 Å². The van der Waals surface area contributed by atoms with Crippen molar-refractivity contribution in [2.75, 3.05) is 14.2 Å². The Morgan fingerprint density at radius 1 is 1.38 bits per heavy atom. The predicted octanol–water partition coefficient (Wildman–Crippen LogP) is 0.701. The normalized spacial score (nSPS) is 11.8. The summed E-state index contributed by atoms with van der Waals surface area (Å²) in [6.07, 6.45) is 1.25. The number of hydrogen-bond acceptors (Lipinski definition) is 6. The zero-order valence-corrected chi connectivity index (χ0v) is 13.8. The highest BCUT2D eigenvalue weighted by molar-refractivity contribution is 7.89. The monoisotopic (exact) mass is 360 g/mol. The van der Waals surface area contributed by atoms with Gasteiger partial charge in [0.25, 0.3) is 0 Å². The van der Waals surface area contributed by atoms with E-state index in [4.69, 9.17) is 0 Å². The summed E-state index contributed by atoms with van der Waals surface area (Å²) in [5.74, 6) is -3.78. The van der Waals surface area contributed by atoms with Gasteiger partial charge in [0.1, 0.15) is 12.2 Å². The van der Waals surface area contributed by atoms with Crippen molar-refractivity contribution in [1.82, 2.24) is 19.1 Å². The van der Waals surface area contributed by atoms with Gasteiger partial charge in [-0.05, 0) is 12.1 Å². The Morgan fingerprint density at radius 3 is 2.58 bits per heavy atom. The number of esters is 1. The molecule has 1 aromatic carbocycles. The first-order chi connectivity index (χ1) is 11.2. The molecule has 0 atom stereocenters. The Hall–Kier alpha value is -2.40. The minimum absolute atomic E-state index is 0.147. The molecule has 0 amide bonds. The Bertz CT molecular complexity index is 882. The van der Waals surface area contributed by atoms with E-state index in [0.29, 0.717) is 11.9 Å². The molecule has 0 aliphatic heterocycles. The maximum Gasteiger partial charge on any atom is 0.341 e. The molecule has 11 heteroatoms. The summed E-state index contributed by atoms with van der Waals surface area (Å²) in [7, 11) is -0.406. The van der Waals surface area contributed by atoms with E-state index in [1.807, 2.05) is 0 Å². The first-order valence-corrected chi connectivity index (χ1v) is 7.99. The highest BCUT2D eigenvalue weighted by atomic mass is 32.2. The van der Waals surface area contributed by atoms with Crippen LogP contribution in [0.25, 0.3) is 0 Å². The van der Waals surface area contributed by atoms with E-state index in [1.54, 1.807) is 7.05 Å². The lowest BCUT2D eigenvalue weighted by atomic mass is 10.2. The van der Waals surface area contributed by atoms with Crippen LogP contribution < -0.4 is 0 Å². The molecule has 0 fully saturated rings. The molecule has 0 saturated heterocycles. The fraction of sp³-hybridized carbons (Fsp3) is 0.308. The van der Waals surface area contributed by atoms with Crippen molar-refractivity contribution in [3.63, 3.8) is 0 Å². The van der Waals surface area contributed by atoms with Crippen LogP contribution in [0.2, 0.25) is 0 Å². The number of halogens is 2. The van der Waals surface area contributed by atoms with Crippen LogP contribution in [-0.2, 0) is 28.4 Å². The van der Waals surface area contributed by atoms with E-state index < -0.39 is 38.1 Å². The number of methoxy groups -OCH3 is 1. The number of sulfonamides is 1. The SMILES string of the molecule is COC(=O)c1cc(S(=O)(=O)N(C)Cc2ncnn2C)cc(F)c1F. The third-order valence-electron chi connectivity index (χ3n) is 3.28. The second-order valence-corrected chi connectivity index (χ2v) is 6.86. The molecule has 0 spiro atoms. The first-order valence-electron chi connectivity index (χ1n) is 6.55. The van der Waals surface area contributed by atoms with Gasteiger partial charge in [-0.2, -0.15) is 9.40 Å². The molecule has 0 aliphatic rings. The maximum atomic E-state index is 13.7. The Morgan fingerprint density at radius 2 is 2.04 bits per heavy atom. The number of carbonyl (C=O) groups is 1. The third-order valence-corrected chi connectivity index (χ3v) is 5.07. The van der Waals surface area contributed by atoms with Gasteiger partial charge in [-0.25, -0.2) is 27.0 Å². The second kappa shape index (κ2) is 6.61. The van der Waals surface area contributed by atoms with Gasteiger partial charge >= 0.3 is 5.97 Å². The highest BCUT2D eigenvalue weighted by Gasteiger charge is 2.27. The summed E-state index contributed by atoms with van der Waals surface area (Å²) in [6, 6.07) is 1.23. The molecule has 0 bridgehead atoms. The van der Waals surface area contributed by atoms with Crippen molar-refractivity contribution in [3.8, 4) is 0 Å². The van der Waals surface area contributed by atoms with E-state index in [-0.39, 0.29) is 6.54 Å². The molecule has 2 aromatic rings. The van der Waals surface area contributed by atoms with Gasteiger partial charge in [0.15, 0.2) is 11.6 Å². The average molecular weight is 360 g/mol. The quantitative estimate of drug-likeness (QED) is 0.729. The summed E-state index contributed by atoms with van der Waals surface area (Å²) in [5, 5.41) is 3.81. The molecular weight excluding hydrogens is 346 g/mol. The Balaban J connectivity index is 2.43. The number of ether oxygens (including phenoxy) is 1. The number of aryl methyl sites for hydroxylation is 1. The van der Waals surface area contributed by atoms with Crippen LogP contribution in [0.15, 0.2) is 23.4 Å². The molecule has 1 heterocycles. The van der Waals surface area contributed by atoms with Crippen LogP contribution in [0, 0.1) is 11.6 Å². The van der Waals surface area contributed by atoms with Gasteiger partial charge in [-0.15, -0.1) is 0 Å². The molecular formula is C13H14F2N4O4S. The number of carbonyl (C=O) groups excluding carboxylic acids is 1. The summed E-state index contributed by atoms with van der Waals surface area (Å²) in [5.41, 5.74) is -0.803. The summed E-state index contributed by atoms with van der Waals surface area (Å²) >= 11 is 0. The average Bonchev–Trinajstić information content (AvgIpc) is 2.93. The second-order valence-electron chi connectivity index (χ2n) is 4.82. The lowest BCUT2D eigenvalue weighted by Gasteiger charge is -2.17. The maximum absolute atomic E-state index is 13.7. The third kappa shape index (κ3) is 3.26. The Kier molecular flexibility index (Phi) is 4.94. The van der Waals surface area contributed by atoms with Crippen LogP contribution in [0.3, 0.4) is 0 Å². The van der Waals surface area contributed by atoms with Gasteiger partial charge < -0.3 is 4.74 Å². The molecule has 0 unspecified atom stereocenters. The lowest BCUT2D eigenvalue weighted by Crippen LogP contribution is -2.28. The minimum atomic E-state index is -4.20. The van der Waals surface area contributed by atoms with E-state index in [9.17, 15) is 22.0 Å². The zero-order valence-electron chi connectivity index (χ0n) is 13.0. The number of benzene rings is 1. The molecule has 0 aliphatic carbocycles. The molecule has 24 heavy (non-hydrogen) atoms. The van der Waals surface area contributed by atoms with Crippen molar-refractivity contribution < 1.29 is 26.7 Å².